The molecule has 1 amide bonds. The van der Waals surface area contributed by atoms with Crippen LogP contribution in [0.4, 0.5) is 11.4 Å². The molecule has 0 fully saturated rings. The maximum Gasteiger partial charge on any atom is 0.243 e. The Labute approximate surface area is 152 Å². The predicted octanol–water partition coefficient (Wildman–Crippen LogP) is 5.08. The van der Waals surface area contributed by atoms with E-state index in [4.69, 9.17) is 27.9 Å². The highest BCUT2D eigenvalue weighted by atomic mass is 35.5. The summed E-state index contributed by atoms with van der Waals surface area (Å²) in [5, 5.41) is 6.86. The van der Waals surface area contributed by atoms with E-state index < -0.39 is 0 Å². The van der Waals surface area contributed by atoms with Crippen molar-refractivity contribution in [2.75, 3.05) is 23.8 Å². The Bertz CT molecular complexity index is 685. The highest BCUT2D eigenvalue weighted by Crippen LogP contribution is 2.25. The molecule has 6 heteroatoms. The molecule has 0 aliphatic rings. The van der Waals surface area contributed by atoms with Crippen LogP contribution in [0.1, 0.15) is 13.8 Å². The number of ether oxygens (including phenoxy) is 1. The zero-order valence-corrected chi connectivity index (χ0v) is 15.1. The van der Waals surface area contributed by atoms with Crippen molar-refractivity contribution in [3.05, 3.63) is 52.5 Å². The summed E-state index contributed by atoms with van der Waals surface area (Å²) in [6.45, 7) is 4.82. The van der Waals surface area contributed by atoms with Gasteiger partial charge in [-0.05, 0) is 36.2 Å². The Hall–Kier alpha value is -1.91. The lowest BCUT2D eigenvalue weighted by Crippen LogP contribution is -2.22. The Morgan fingerprint density at radius 1 is 1.12 bits per heavy atom. The normalized spacial score (nSPS) is 10.5. The molecule has 0 aliphatic heterocycles. The molecule has 0 atom stereocenters. The lowest BCUT2D eigenvalue weighted by Gasteiger charge is -2.14. The highest BCUT2D eigenvalue weighted by Gasteiger charge is 2.08. The summed E-state index contributed by atoms with van der Waals surface area (Å²) >= 11 is 11.9. The van der Waals surface area contributed by atoms with Crippen molar-refractivity contribution in [2.24, 2.45) is 5.92 Å². The van der Waals surface area contributed by atoms with E-state index in [9.17, 15) is 4.79 Å². The van der Waals surface area contributed by atoms with Gasteiger partial charge in [-0.15, -0.1) is 0 Å². The third kappa shape index (κ3) is 5.95. The van der Waals surface area contributed by atoms with Gasteiger partial charge in [-0.1, -0.05) is 49.2 Å². The number of nitrogens with one attached hydrogen (secondary N) is 2. The molecule has 0 radical (unpaired) electrons. The molecule has 0 heterocycles. The van der Waals surface area contributed by atoms with Crippen LogP contribution < -0.4 is 15.4 Å². The first kappa shape index (κ1) is 18.4. The van der Waals surface area contributed by atoms with E-state index in [0.717, 1.165) is 0 Å². The number of carbonyl (C=O) groups is 1. The van der Waals surface area contributed by atoms with Crippen molar-refractivity contribution in [1.82, 2.24) is 0 Å². The van der Waals surface area contributed by atoms with E-state index in [0.29, 0.717) is 39.7 Å². The standard InChI is InChI=1S/C18H20Cl2N2O2/c1-12(2)11-24-17-6-4-3-5-16(17)22-18(23)10-21-15-8-13(19)7-14(20)9-15/h3-9,12,21H,10-11H2,1-2H3,(H,22,23). The third-order valence-electron chi connectivity index (χ3n) is 3.05. The van der Waals surface area contributed by atoms with E-state index in [1.54, 1.807) is 18.2 Å². The van der Waals surface area contributed by atoms with Gasteiger partial charge in [0.15, 0.2) is 0 Å². The minimum absolute atomic E-state index is 0.0924. The molecule has 0 aliphatic carbocycles. The molecular weight excluding hydrogens is 347 g/mol. The van der Waals surface area contributed by atoms with E-state index in [2.05, 4.69) is 24.5 Å². The van der Waals surface area contributed by atoms with Crippen LogP contribution in [0, 0.1) is 5.92 Å². The SMILES string of the molecule is CC(C)COc1ccccc1NC(=O)CNc1cc(Cl)cc(Cl)c1. The van der Waals surface area contributed by atoms with E-state index in [1.165, 1.54) is 0 Å². The molecule has 0 spiro atoms. The van der Waals surface area contributed by atoms with Gasteiger partial charge >= 0.3 is 0 Å². The van der Waals surface area contributed by atoms with Crippen molar-refractivity contribution in [1.29, 1.82) is 0 Å². The molecule has 4 nitrogen and oxygen atoms in total. The van der Waals surface area contributed by atoms with E-state index in [-0.39, 0.29) is 12.5 Å². The molecule has 2 aromatic carbocycles. The molecular formula is C18H20Cl2N2O2. The quantitative estimate of drug-likeness (QED) is 0.718. The average Bonchev–Trinajstić information content (AvgIpc) is 2.51. The Morgan fingerprint density at radius 2 is 1.79 bits per heavy atom. The summed E-state index contributed by atoms with van der Waals surface area (Å²) < 4.78 is 5.72. The average molecular weight is 367 g/mol. The van der Waals surface area contributed by atoms with Crippen LogP contribution in [-0.4, -0.2) is 19.1 Å². The summed E-state index contributed by atoms with van der Waals surface area (Å²) in [7, 11) is 0. The Balaban J connectivity index is 1.94. The van der Waals surface area contributed by atoms with Crippen LogP contribution in [-0.2, 0) is 4.79 Å². The number of para-hydroxylation sites is 2. The van der Waals surface area contributed by atoms with Gasteiger partial charge in [-0.25, -0.2) is 0 Å². The second-order valence-electron chi connectivity index (χ2n) is 5.76. The summed E-state index contributed by atoms with van der Waals surface area (Å²) in [6, 6.07) is 12.4. The molecule has 2 aromatic rings. The molecule has 0 unspecified atom stereocenters. The van der Waals surface area contributed by atoms with Crippen molar-refractivity contribution in [2.45, 2.75) is 13.8 Å². The van der Waals surface area contributed by atoms with Crippen molar-refractivity contribution in [3.63, 3.8) is 0 Å². The summed E-state index contributed by atoms with van der Waals surface area (Å²) in [4.78, 5) is 12.2. The number of rotatable bonds is 7. The maximum atomic E-state index is 12.2. The first-order valence-corrected chi connectivity index (χ1v) is 8.41. The predicted molar refractivity (Wildman–Crippen MR) is 100 cm³/mol. The summed E-state index contributed by atoms with van der Waals surface area (Å²) in [6.07, 6.45) is 0. The first-order valence-electron chi connectivity index (χ1n) is 7.65. The molecule has 24 heavy (non-hydrogen) atoms. The number of carbonyl (C=O) groups excluding carboxylic acids is 1. The monoisotopic (exact) mass is 366 g/mol. The van der Waals surface area contributed by atoms with Crippen molar-refractivity contribution in [3.8, 4) is 5.75 Å². The van der Waals surface area contributed by atoms with Crippen LogP contribution in [0.2, 0.25) is 10.0 Å². The van der Waals surface area contributed by atoms with Gasteiger partial charge in [0.25, 0.3) is 0 Å². The fourth-order valence-corrected chi connectivity index (χ4v) is 2.51. The van der Waals surface area contributed by atoms with Gasteiger partial charge in [0.2, 0.25) is 5.91 Å². The molecule has 128 valence electrons. The van der Waals surface area contributed by atoms with Gasteiger partial charge in [0.1, 0.15) is 5.75 Å². The zero-order chi connectivity index (χ0) is 17.5. The van der Waals surface area contributed by atoms with Gasteiger partial charge < -0.3 is 15.4 Å². The molecule has 0 saturated carbocycles. The lowest BCUT2D eigenvalue weighted by molar-refractivity contribution is -0.114. The van der Waals surface area contributed by atoms with Crippen LogP contribution >= 0.6 is 23.2 Å². The minimum atomic E-state index is -0.188. The van der Waals surface area contributed by atoms with Crippen molar-refractivity contribution >= 4 is 40.5 Å². The van der Waals surface area contributed by atoms with Crippen LogP contribution in [0.15, 0.2) is 42.5 Å². The largest absolute Gasteiger partial charge is 0.491 e. The second-order valence-corrected chi connectivity index (χ2v) is 6.63. The maximum absolute atomic E-state index is 12.2. The van der Waals surface area contributed by atoms with Gasteiger partial charge in [0, 0.05) is 15.7 Å². The molecule has 2 rings (SSSR count). The minimum Gasteiger partial charge on any atom is -0.491 e. The number of anilines is 2. The molecule has 0 aromatic heterocycles. The van der Waals surface area contributed by atoms with Gasteiger partial charge in [0.05, 0.1) is 18.8 Å². The fraction of sp³-hybridized carbons (Fsp3) is 0.278. The first-order chi connectivity index (χ1) is 11.4. The molecule has 0 saturated heterocycles. The zero-order valence-electron chi connectivity index (χ0n) is 13.6. The van der Waals surface area contributed by atoms with Crippen LogP contribution in [0.5, 0.6) is 5.75 Å². The van der Waals surface area contributed by atoms with Crippen LogP contribution in [0.25, 0.3) is 0 Å². The number of halogens is 2. The van der Waals surface area contributed by atoms with Gasteiger partial charge in [-0.2, -0.15) is 0 Å². The highest BCUT2D eigenvalue weighted by molar-refractivity contribution is 6.35. The number of hydrogen-bond acceptors (Lipinski definition) is 3. The Morgan fingerprint density at radius 3 is 2.46 bits per heavy atom. The van der Waals surface area contributed by atoms with Crippen LogP contribution in [0.3, 0.4) is 0 Å². The summed E-state index contributed by atoms with van der Waals surface area (Å²) in [5.74, 6) is 0.875. The molecule has 2 N–H and O–H groups in total. The summed E-state index contributed by atoms with van der Waals surface area (Å²) in [5.41, 5.74) is 1.33. The number of amides is 1. The van der Waals surface area contributed by atoms with E-state index >= 15 is 0 Å². The van der Waals surface area contributed by atoms with E-state index in [1.807, 2.05) is 24.3 Å². The topological polar surface area (TPSA) is 50.4 Å². The number of hydrogen-bond donors (Lipinski definition) is 2. The van der Waals surface area contributed by atoms with Crippen molar-refractivity contribution < 1.29 is 9.53 Å². The fourth-order valence-electron chi connectivity index (χ4n) is 1.98. The third-order valence-corrected chi connectivity index (χ3v) is 3.49. The second kappa shape index (κ2) is 8.81. The smallest absolute Gasteiger partial charge is 0.243 e. The lowest BCUT2D eigenvalue weighted by atomic mass is 10.2. The van der Waals surface area contributed by atoms with Gasteiger partial charge in [-0.3, -0.25) is 4.79 Å². The number of benzene rings is 2. The molecule has 0 bridgehead atoms. The Kier molecular flexibility index (Phi) is 6.76.